The lowest BCUT2D eigenvalue weighted by Gasteiger charge is -2.15. The van der Waals surface area contributed by atoms with Gasteiger partial charge in [-0.15, -0.1) is 0 Å². The highest BCUT2D eigenvalue weighted by Gasteiger charge is 2.29. The van der Waals surface area contributed by atoms with E-state index in [0.717, 1.165) is 23.3 Å². The number of alkyl halides is 3. The second-order valence-corrected chi connectivity index (χ2v) is 8.86. The Labute approximate surface area is 152 Å². The highest BCUT2D eigenvalue weighted by molar-refractivity contribution is 7.90. The fraction of sp³-hybridized carbons (Fsp3) is 0.368. The summed E-state index contributed by atoms with van der Waals surface area (Å²) in [6.45, 7) is 5.44. The largest absolute Gasteiger partial charge is 0.416 e. The Morgan fingerprint density at radius 3 is 1.77 bits per heavy atom. The maximum Gasteiger partial charge on any atom is 0.416 e. The molecule has 0 unspecified atom stereocenters. The lowest BCUT2D eigenvalue weighted by molar-refractivity contribution is -0.137. The first-order valence-electron chi connectivity index (χ1n) is 8.27. The van der Waals surface area contributed by atoms with Crippen molar-refractivity contribution < 1.29 is 21.6 Å². The highest BCUT2D eigenvalue weighted by atomic mass is 32.2. The van der Waals surface area contributed by atoms with Crippen LogP contribution in [0.15, 0.2) is 48.5 Å². The summed E-state index contributed by atoms with van der Waals surface area (Å²) in [7, 11) is -3.31. The standard InChI is InChI=1S/C19H22F3NO2S/c1-13(2)26(24,25)23-12-14(3)15-4-6-16(7-5-15)17-8-10-18(11-9-17)19(20,21)22/h4-11,13-14,23H,12H2,1-3H3/t14-/m1/s1. The number of rotatable bonds is 6. The molecule has 2 aromatic carbocycles. The van der Waals surface area contributed by atoms with Crippen molar-refractivity contribution in [1.29, 1.82) is 0 Å². The molecule has 0 aliphatic carbocycles. The first kappa shape index (κ1) is 20.5. The van der Waals surface area contributed by atoms with Crippen LogP contribution in [0.3, 0.4) is 0 Å². The minimum Gasteiger partial charge on any atom is -0.214 e. The van der Waals surface area contributed by atoms with Crippen LogP contribution in [-0.4, -0.2) is 20.2 Å². The molecule has 26 heavy (non-hydrogen) atoms. The number of hydrogen-bond donors (Lipinski definition) is 1. The van der Waals surface area contributed by atoms with E-state index in [0.29, 0.717) is 12.1 Å². The molecule has 0 saturated heterocycles. The van der Waals surface area contributed by atoms with Crippen LogP contribution >= 0.6 is 0 Å². The molecular weight excluding hydrogens is 363 g/mol. The van der Waals surface area contributed by atoms with Crippen molar-refractivity contribution in [2.75, 3.05) is 6.54 Å². The van der Waals surface area contributed by atoms with Gasteiger partial charge in [0.2, 0.25) is 10.0 Å². The molecule has 142 valence electrons. The van der Waals surface area contributed by atoms with Crippen molar-refractivity contribution in [3.05, 3.63) is 59.7 Å². The zero-order valence-corrected chi connectivity index (χ0v) is 15.7. The van der Waals surface area contributed by atoms with Gasteiger partial charge in [-0.25, -0.2) is 13.1 Å². The minimum atomic E-state index is -4.35. The highest BCUT2D eigenvalue weighted by Crippen LogP contribution is 2.31. The molecule has 1 N–H and O–H groups in total. The van der Waals surface area contributed by atoms with Crippen LogP contribution in [0.5, 0.6) is 0 Å². The van der Waals surface area contributed by atoms with E-state index in [1.54, 1.807) is 13.8 Å². The Morgan fingerprint density at radius 1 is 0.885 bits per heavy atom. The van der Waals surface area contributed by atoms with Gasteiger partial charge in [0.1, 0.15) is 0 Å². The summed E-state index contributed by atoms with van der Waals surface area (Å²) >= 11 is 0. The molecule has 0 spiro atoms. The molecule has 0 bridgehead atoms. The second kappa shape index (κ2) is 7.80. The Hall–Kier alpha value is -1.86. The zero-order valence-electron chi connectivity index (χ0n) is 14.8. The maximum absolute atomic E-state index is 12.6. The average Bonchev–Trinajstić information content (AvgIpc) is 2.59. The average molecular weight is 385 g/mol. The molecule has 7 heteroatoms. The molecule has 0 amide bonds. The van der Waals surface area contributed by atoms with E-state index < -0.39 is 27.0 Å². The van der Waals surface area contributed by atoms with Crippen molar-refractivity contribution in [2.45, 2.75) is 38.1 Å². The summed E-state index contributed by atoms with van der Waals surface area (Å²) in [4.78, 5) is 0. The van der Waals surface area contributed by atoms with Gasteiger partial charge in [-0.2, -0.15) is 13.2 Å². The summed E-state index contributed by atoms with van der Waals surface area (Å²) in [6, 6.07) is 12.4. The second-order valence-electron chi connectivity index (χ2n) is 6.54. The fourth-order valence-corrected chi connectivity index (χ4v) is 3.20. The number of hydrogen-bond acceptors (Lipinski definition) is 2. The van der Waals surface area contributed by atoms with E-state index in [9.17, 15) is 21.6 Å². The van der Waals surface area contributed by atoms with Crippen molar-refractivity contribution in [3.63, 3.8) is 0 Å². The van der Waals surface area contributed by atoms with Gasteiger partial charge >= 0.3 is 6.18 Å². The normalized spacial score (nSPS) is 13.8. The number of halogens is 3. The SMILES string of the molecule is CC(C)S(=O)(=O)NC[C@@H](C)c1ccc(-c2ccc(C(F)(F)F)cc2)cc1. The predicted octanol–water partition coefficient (Wildman–Crippen LogP) is 4.80. The van der Waals surface area contributed by atoms with Gasteiger partial charge in [0, 0.05) is 6.54 Å². The summed E-state index contributed by atoms with van der Waals surface area (Å²) in [5, 5.41) is -0.489. The van der Waals surface area contributed by atoms with E-state index in [4.69, 9.17) is 0 Å². The monoisotopic (exact) mass is 385 g/mol. The molecule has 0 fully saturated rings. The van der Waals surface area contributed by atoms with Gasteiger partial charge in [0.25, 0.3) is 0 Å². The molecule has 0 aliphatic heterocycles. The third-order valence-electron chi connectivity index (χ3n) is 4.24. The van der Waals surface area contributed by atoms with E-state index in [1.807, 2.05) is 31.2 Å². The minimum absolute atomic E-state index is 0.0230. The predicted molar refractivity (Wildman–Crippen MR) is 97.4 cm³/mol. The van der Waals surface area contributed by atoms with Gasteiger partial charge in [-0.3, -0.25) is 0 Å². The van der Waals surface area contributed by atoms with Gasteiger partial charge < -0.3 is 0 Å². The van der Waals surface area contributed by atoms with Crippen LogP contribution in [-0.2, 0) is 16.2 Å². The van der Waals surface area contributed by atoms with Gasteiger partial charge in [-0.1, -0.05) is 43.3 Å². The van der Waals surface area contributed by atoms with E-state index in [1.165, 1.54) is 12.1 Å². The molecule has 0 aromatic heterocycles. The quantitative estimate of drug-likeness (QED) is 0.776. The summed E-state index contributed by atoms with van der Waals surface area (Å²) < 4.78 is 64.1. The lowest BCUT2D eigenvalue weighted by atomic mass is 9.97. The van der Waals surface area contributed by atoms with Crippen LogP contribution in [0.25, 0.3) is 11.1 Å². The van der Waals surface area contributed by atoms with Crippen LogP contribution in [0.4, 0.5) is 13.2 Å². The van der Waals surface area contributed by atoms with Crippen molar-refractivity contribution in [3.8, 4) is 11.1 Å². The Balaban J connectivity index is 2.08. The first-order valence-corrected chi connectivity index (χ1v) is 9.81. The molecule has 2 rings (SSSR count). The molecule has 0 saturated carbocycles. The van der Waals surface area contributed by atoms with Crippen LogP contribution in [0, 0.1) is 0 Å². The molecule has 1 atom stereocenters. The third kappa shape index (κ3) is 5.08. The number of sulfonamides is 1. The van der Waals surface area contributed by atoms with Gasteiger partial charge in [-0.05, 0) is 48.6 Å². The zero-order chi connectivity index (χ0) is 19.5. The van der Waals surface area contributed by atoms with Gasteiger partial charge in [0.05, 0.1) is 10.8 Å². The van der Waals surface area contributed by atoms with Crippen molar-refractivity contribution >= 4 is 10.0 Å². The Kier molecular flexibility index (Phi) is 6.13. The van der Waals surface area contributed by atoms with Crippen LogP contribution < -0.4 is 4.72 Å². The lowest BCUT2D eigenvalue weighted by Crippen LogP contribution is -2.33. The van der Waals surface area contributed by atoms with E-state index in [2.05, 4.69) is 4.72 Å². The van der Waals surface area contributed by atoms with Crippen LogP contribution in [0.2, 0.25) is 0 Å². The Bertz CT molecular complexity index is 827. The summed E-state index contributed by atoms with van der Waals surface area (Å²) in [5.74, 6) is -0.0230. The molecule has 0 radical (unpaired) electrons. The maximum atomic E-state index is 12.6. The molecule has 3 nitrogen and oxygen atoms in total. The third-order valence-corrected chi connectivity index (χ3v) is 6.05. The number of benzene rings is 2. The number of nitrogens with one attached hydrogen (secondary N) is 1. The van der Waals surface area contributed by atoms with Crippen LogP contribution in [0.1, 0.15) is 37.8 Å². The fourth-order valence-electron chi connectivity index (χ4n) is 2.38. The summed E-state index contributed by atoms with van der Waals surface area (Å²) in [5.41, 5.74) is 1.77. The van der Waals surface area contributed by atoms with Gasteiger partial charge in [0.15, 0.2) is 0 Å². The van der Waals surface area contributed by atoms with Crippen molar-refractivity contribution in [2.24, 2.45) is 0 Å². The van der Waals surface area contributed by atoms with Crippen molar-refractivity contribution in [1.82, 2.24) is 4.72 Å². The topological polar surface area (TPSA) is 46.2 Å². The van der Waals surface area contributed by atoms with E-state index >= 15 is 0 Å². The first-order chi connectivity index (χ1) is 12.0. The molecular formula is C19H22F3NO2S. The summed E-state index contributed by atoms with van der Waals surface area (Å²) in [6.07, 6.45) is -4.35. The van der Waals surface area contributed by atoms with E-state index in [-0.39, 0.29) is 5.92 Å². The molecule has 2 aromatic rings. The smallest absolute Gasteiger partial charge is 0.214 e. The molecule has 0 aliphatic rings. The Morgan fingerprint density at radius 2 is 1.35 bits per heavy atom. The molecule has 0 heterocycles.